The van der Waals surface area contributed by atoms with Gasteiger partial charge in [0.15, 0.2) is 0 Å². The first kappa shape index (κ1) is 24.2. The number of para-hydroxylation sites is 1. The molecule has 0 aromatic heterocycles. The number of halogens is 1. The number of thiocarbonyl (C=S) groups is 1. The highest BCUT2D eigenvalue weighted by atomic mass is 35.5. The molecule has 0 saturated carbocycles. The number of carbonyl (C=O) groups is 3. The molecule has 180 valence electrons. The van der Waals surface area contributed by atoms with E-state index in [-0.39, 0.29) is 34.9 Å². The Hall–Kier alpha value is -3.46. The lowest BCUT2D eigenvalue weighted by atomic mass is 10.1. The molecular formula is C27H20ClN3O3S2. The molecule has 1 atom stereocenters. The van der Waals surface area contributed by atoms with Gasteiger partial charge in [0.25, 0.3) is 11.8 Å². The van der Waals surface area contributed by atoms with Crippen molar-refractivity contribution in [3.63, 3.8) is 0 Å². The molecule has 1 fully saturated rings. The summed E-state index contributed by atoms with van der Waals surface area (Å²) in [5.41, 5.74) is 2.96. The smallest absolute Gasteiger partial charge is 0.267 e. The van der Waals surface area contributed by atoms with Crippen LogP contribution in [0.15, 0.2) is 83.8 Å². The average Bonchev–Trinajstić information content (AvgIpc) is 3.32. The SMILES string of the molecule is C[C@@H](c1ccccc1)N1C(=O)/C(=C2/C(=O)N(CC(=O)Nc3ccc(Cl)cc3)c3ccccc32)SC1=S. The molecule has 3 aromatic rings. The van der Waals surface area contributed by atoms with Gasteiger partial charge in [0.1, 0.15) is 10.9 Å². The number of thioether (sulfide) groups is 1. The number of amides is 3. The van der Waals surface area contributed by atoms with Gasteiger partial charge in [-0.1, -0.05) is 84.1 Å². The van der Waals surface area contributed by atoms with Gasteiger partial charge in [0.2, 0.25) is 5.91 Å². The van der Waals surface area contributed by atoms with E-state index < -0.39 is 5.91 Å². The quantitative estimate of drug-likeness (QED) is 0.338. The molecule has 0 aliphatic carbocycles. The van der Waals surface area contributed by atoms with Gasteiger partial charge in [-0.25, -0.2) is 0 Å². The Morgan fingerprint density at radius 3 is 2.36 bits per heavy atom. The molecule has 0 radical (unpaired) electrons. The summed E-state index contributed by atoms with van der Waals surface area (Å²) in [6.07, 6.45) is 0. The van der Waals surface area contributed by atoms with Crippen molar-refractivity contribution in [2.75, 3.05) is 16.8 Å². The molecule has 0 unspecified atom stereocenters. The average molecular weight is 534 g/mol. The molecule has 2 aliphatic heterocycles. The number of nitrogens with one attached hydrogen (secondary N) is 1. The Balaban J connectivity index is 1.45. The summed E-state index contributed by atoms with van der Waals surface area (Å²) in [5, 5.41) is 3.33. The molecule has 36 heavy (non-hydrogen) atoms. The summed E-state index contributed by atoms with van der Waals surface area (Å²) in [6, 6.07) is 23.2. The van der Waals surface area contributed by atoms with Crippen LogP contribution in [-0.4, -0.2) is 33.5 Å². The summed E-state index contributed by atoms with van der Waals surface area (Å²) in [4.78, 5) is 43.2. The fourth-order valence-electron chi connectivity index (χ4n) is 4.28. The van der Waals surface area contributed by atoms with Crippen LogP contribution in [0.2, 0.25) is 5.02 Å². The molecule has 9 heteroatoms. The van der Waals surface area contributed by atoms with Crippen LogP contribution >= 0.6 is 35.6 Å². The molecule has 5 rings (SSSR count). The number of hydrogen-bond acceptors (Lipinski definition) is 5. The third kappa shape index (κ3) is 4.43. The Morgan fingerprint density at radius 1 is 0.972 bits per heavy atom. The zero-order valence-electron chi connectivity index (χ0n) is 19.1. The third-order valence-electron chi connectivity index (χ3n) is 6.05. The number of benzene rings is 3. The van der Waals surface area contributed by atoms with Crippen LogP contribution in [0.1, 0.15) is 24.1 Å². The van der Waals surface area contributed by atoms with E-state index in [0.717, 1.165) is 17.3 Å². The van der Waals surface area contributed by atoms with E-state index >= 15 is 0 Å². The van der Waals surface area contributed by atoms with Crippen LogP contribution in [0.3, 0.4) is 0 Å². The molecule has 2 heterocycles. The summed E-state index contributed by atoms with van der Waals surface area (Å²) >= 11 is 12.6. The van der Waals surface area contributed by atoms with Gasteiger partial charge in [0.05, 0.1) is 22.2 Å². The number of fused-ring (bicyclic) bond motifs is 1. The van der Waals surface area contributed by atoms with Crippen molar-refractivity contribution < 1.29 is 14.4 Å². The monoisotopic (exact) mass is 533 g/mol. The van der Waals surface area contributed by atoms with Crippen molar-refractivity contribution in [3.05, 3.63) is 99.9 Å². The molecular weight excluding hydrogens is 514 g/mol. The molecule has 1 saturated heterocycles. The van der Waals surface area contributed by atoms with Crippen LogP contribution in [0.5, 0.6) is 0 Å². The van der Waals surface area contributed by atoms with Crippen molar-refractivity contribution in [1.82, 2.24) is 4.90 Å². The highest BCUT2D eigenvalue weighted by Crippen LogP contribution is 2.46. The van der Waals surface area contributed by atoms with Crippen molar-refractivity contribution in [2.24, 2.45) is 0 Å². The van der Waals surface area contributed by atoms with Crippen LogP contribution in [0.25, 0.3) is 5.57 Å². The van der Waals surface area contributed by atoms with E-state index in [4.69, 9.17) is 23.8 Å². The lowest BCUT2D eigenvalue weighted by Gasteiger charge is -2.23. The minimum Gasteiger partial charge on any atom is -0.325 e. The first-order valence-corrected chi connectivity index (χ1v) is 12.8. The molecule has 2 aliphatic rings. The van der Waals surface area contributed by atoms with E-state index in [1.807, 2.05) is 37.3 Å². The minimum absolute atomic E-state index is 0.206. The zero-order valence-corrected chi connectivity index (χ0v) is 21.5. The van der Waals surface area contributed by atoms with E-state index in [0.29, 0.717) is 26.3 Å². The van der Waals surface area contributed by atoms with E-state index in [9.17, 15) is 14.4 Å². The van der Waals surface area contributed by atoms with Gasteiger partial charge in [0, 0.05) is 16.3 Å². The fourth-order valence-corrected chi connectivity index (χ4v) is 5.89. The van der Waals surface area contributed by atoms with Crippen molar-refractivity contribution in [3.8, 4) is 0 Å². The van der Waals surface area contributed by atoms with E-state index in [1.165, 1.54) is 4.90 Å². The van der Waals surface area contributed by atoms with E-state index in [2.05, 4.69) is 5.32 Å². The lowest BCUT2D eigenvalue weighted by Crippen LogP contribution is -2.35. The Bertz CT molecular complexity index is 1420. The topological polar surface area (TPSA) is 69.7 Å². The lowest BCUT2D eigenvalue weighted by molar-refractivity contribution is -0.123. The zero-order chi connectivity index (χ0) is 25.4. The Kier molecular flexibility index (Phi) is 6.66. The van der Waals surface area contributed by atoms with E-state index in [1.54, 1.807) is 53.4 Å². The molecule has 3 amide bonds. The summed E-state index contributed by atoms with van der Waals surface area (Å²) < 4.78 is 0.392. The van der Waals surface area contributed by atoms with Crippen LogP contribution in [0.4, 0.5) is 11.4 Å². The minimum atomic E-state index is -0.407. The first-order chi connectivity index (χ1) is 17.3. The Morgan fingerprint density at radius 2 is 1.64 bits per heavy atom. The van der Waals surface area contributed by atoms with Crippen molar-refractivity contribution >= 4 is 74.6 Å². The predicted octanol–water partition coefficient (Wildman–Crippen LogP) is 5.66. The molecule has 6 nitrogen and oxygen atoms in total. The van der Waals surface area contributed by atoms with Crippen LogP contribution < -0.4 is 10.2 Å². The largest absolute Gasteiger partial charge is 0.325 e. The number of anilines is 2. The number of carbonyl (C=O) groups excluding carboxylic acids is 3. The molecule has 0 bridgehead atoms. The standard InChI is InChI=1S/C27H20ClN3O3S2/c1-16(17-7-3-2-4-8-17)31-26(34)24(36-27(31)35)23-20-9-5-6-10-21(20)30(25(23)33)15-22(32)29-19-13-11-18(28)12-14-19/h2-14,16H,15H2,1H3,(H,29,32)/b24-23-/t16-/m0/s1. The maximum Gasteiger partial charge on any atom is 0.267 e. The number of hydrogen-bond donors (Lipinski definition) is 1. The highest BCUT2D eigenvalue weighted by molar-refractivity contribution is 8.26. The molecule has 0 spiro atoms. The molecule has 1 N–H and O–H groups in total. The highest BCUT2D eigenvalue weighted by Gasteiger charge is 2.43. The third-order valence-corrected chi connectivity index (χ3v) is 7.70. The second-order valence-corrected chi connectivity index (χ2v) is 10.4. The maximum atomic E-state index is 13.6. The predicted molar refractivity (Wildman–Crippen MR) is 148 cm³/mol. The van der Waals surface area contributed by atoms with Gasteiger partial charge in [-0.3, -0.25) is 24.2 Å². The van der Waals surface area contributed by atoms with Gasteiger partial charge in [-0.05, 0) is 42.8 Å². The first-order valence-electron chi connectivity index (χ1n) is 11.2. The van der Waals surface area contributed by atoms with Gasteiger partial charge in [-0.2, -0.15) is 0 Å². The second kappa shape index (κ2) is 9.89. The fraction of sp³-hybridized carbons (Fsp3) is 0.111. The summed E-state index contributed by atoms with van der Waals surface area (Å²) in [7, 11) is 0. The normalized spacial score (nSPS) is 18.0. The van der Waals surface area contributed by atoms with Crippen molar-refractivity contribution in [1.29, 1.82) is 0 Å². The molecule has 3 aromatic carbocycles. The number of rotatable bonds is 5. The van der Waals surface area contributed by atoms with Crippen LogP contribution in [-0.2, 0) is 14.4 Å². The maximum absolute atomic E-state index is 13.6. The van der Waals surface area contributed by atoms with Gasteiger partial charge in [-0.15, -0.1) is 0 Å². The van der Waals surface area contributed by atoms with Crippen LogP contribution in [0, 0.1) is 0 Å². The second-order valence-electron chi connectivity index (χ2n) is 8.30. The van der Waals surface area contributed by atoms with Gasteiger partial charge >= 0.3 is 0 Å². The number of nitrogens with zero attached hydrogens (tertiary/aromatic N) is 2. The van der Waals surface area contributed by atoms with Crippen molar-refractivity contribution in [2.45, 2.75) is 13.0 Å². The Labute approximate surface area is 222 Å². The summed E-state index contributed by atoms with van der Waals surface area (Å²) in [6.45, 7) is 1.70. The van der Waals surface area contributed by atoms with Gasteiger partial charge < -0.3 is 5.32 Å². The summed E-state index contributed by atoms with van der Waals surface area (Å²) in [5.74, 6) is -1.09.